The first kappa shape index (κ1) is 10.7. The SMILES string of the molecule is Cc1cc(C(F)(F)Cl)c(C#N)c(=O)[nH]1. The lowest BCUT2D eigenvalue weighted by Crippen LogP contribution is -2.19. The summed E-state index contributed by atoms with van der Waals surface area (Å²) in [5.41, 5.74) is -2.05. The minimum atomic E-state index is -3.70. The van der Waals surface area contributed by atoms with Gasteiger partial charge in [0.2, 0.25) is 0 Å². The number of nitrogens with zero attached hydrogens (tertiary/aromatic N) is 1. The molecule has 1 rings (SSSR count). The summed E-state index contributed by atoms with van der Waals surface area (Å²) >= 11 is 4.75. The average molecular weight is 219 g/mol. The predicted octanol–water partition coefficient (Wildman–Crippen LogP) is 1.84. The number of halogens is 3. The number of aryl methyl sites for hydroxylation is 1. The monoisotopic (exact) mass is 218 g/mol. The Kier molecular flexibility index (Phi) is 2.58. The number of nitrogens with one attached hydrogen (secondary N) is 1. The largest absolute Gasteiger partial charge is 0.349 e. The lowest BCUT2D eigenvalue weighted by atomic mass is 10.1. The van der Waals surface area contributed by atoms with Gasteiger partial charge in [-0.15, -0.1) is 0 Å². The molecular weight excluding hydrogens is 214 g/mol. The van der Waals surface area contributed by atoms with Crippen LogP contribution in [0, 0.1) is 18.3 Å². The fourth-order valence-corrected chi connectivity index (χ4v) is 1.17. The Morgan fingerprint density at radius 2 is 2.21 bits per heavy atom. The molecule has 0 amide bonds. The van der Waals surface area contributed by atoms with Crippen molar-refractivity contribution in [3.05, 3.63) is 33.2 Å². The van der Waals surface area contributed by atoms with Crippen molar-refractivity contribution in [2.24, 2.45) is 0 Å². The van der Waals surface area contributed by atoms with Gasteiger partial charge >= 0.3 is 5.38 Å². The quantitative estimate of drug-likeness (QED) is 0.732. The normalized spacial score (nSPS) is 11.1. The van der Waals surface area contributed by atoms with Crippen LogP contribution in [0.3, 0.4) is 0 Å². The number of aromatic amines is 1. The molecule has 1 aromatic rings. The summed E-state index contributed by atoms with van der Waals surface area (Å²) in [6.45, 7) is 1.43. The van der Waals surface area contributed by atoms with Gasteiger partial charge in [0.15, 0.2) is 0 Å². The summed E-state index contributed by atoms with van der Waals surface area (Å²) in [4.78, 5) is 13.3. The van der Waals surface area contributed by atoms with Crippen LogP contribution in [0.1, 0.15) is 16.8 Å². The number of nitriles is 1. The lowest BCUT2D eigenvalue weighted by molar-refractivity contribution is 0.0945. The molecule has 0 bridgehead atoms. The molecule has 0 saturated heterocycles. The minimum absolute atomic E-state index is 0.226. The summed E-state index contributed by atoms with van der Waals surface area (Å²) in [5.74, 6) is 0. The van der Waals surface area contributed by atoms with Crippen molar-refractivity contribution in [1.29, 1.82) is 5.26 Å². The van der Waals surface area contributed by atoms with Gasteiger partial charge in [-0.25, -0.2) is 0 Å². The molecule has 74 valence electrons. The number of pyridine rings is 1. The Hall–Kier alpha value is -1.41. The molecule has 0 spiro atoms. The third kappa shape index (κ3) is 1.91. The average Bonchev–Trinajstić information content (AvgIpc) is 2.01. The third-order valence-electron chi connectivity index (χ3n) is 1.59. The van der Waals surface area contributed by atoms with Crippen LogP contribution in [0.15, 0.2) is 10.9 Å². The van der Waals surface area contributed by atoms with Crippen LogP contribution in [-0.4, -0.2) is 4.98 Å². The third-order valence-corrected chi connectivity index (χ3v) is 1.79. The first-order valence-corrected chi connectivity index (χ1v) is 3.95. The van der Waals surface area contributed by atoms with Crippen LogP contribution in [-0.2, 0) is 5.38 Å². The molecule has 0 atom stereocenters. The summed E-state index contributed by atoms with van der Waals surface area (Å²) in [7, 11) is 0. The highest BCUT2D eigenvalue weighted by Crippen LogP contribution is 2.33. The van der Waals surface area contributed by atoms with Crippen molar-refractivity contribution in [3.63, 3.8) is 0 Å². The lowest BCUT2D eigenvalue weighted by Gasteiger charge is -2.09. The summed E-state index contributed by atoms with van der Waals surface area (Å²) < 4.78 is 25.4. The fourth-order valence-electron chi connectivity index (χ4n) is 1.02. The maximum atomic E-state index is 12.7. The molecule has 0 fully saturated rings. The maximum Gasteiger partial charge on any atom is 0.349 e. The van der Waals surface area contributed by atoms with E-state index in [1.165, 1.54) is 13.0 Å². The summed E-state index contributed by atoms with van der Waals surface area (Å²) in [6.07, 6.45) is 0. The van der Waals surface area contributed by atoms with E-state index in [1.54, 1.807) is 0 Å². The van der Waals surface area contributed by atoms with Crippen molar-refractivity contribution < 1.29 is 8.78 Å². The molecule has 0 aliphatic rings. The second-order valence-corrected chi connectivity index (χ2v) is 3.15. The summed E-state index contributed by atoms with van der Waals surface area (Å²) in [6, 6.07) is 2.37. The van der Waals surface area contributed by atoms with E-state index in [2.05, 4.69) is 4.98 Å². The molecule has 0 radical (unpaired) electrons. The molecule has 0 aromatic carbocycles. The molecule has 6 heteroatoms. The number of rotatable bonds is 1. The van der Waals surface area contributed by atoms with E-state index in [0.717, 1.165) is 6.07 Å². The molecule has 0 saturated carbocycles. The Morgan fingerprint density at radius 1 is 1.64 bits per heavy atom. The molecule has 1 heterocycles. The Labute approximate surface area is 82.9 Å². The second-order valence-electron chi connectivity index (χ2n) is 2.68. The maximum absolute atomic E-state index is 12.7. The van der Waals surface area contributed by atoms with Crippen molar-refractivity contribution in [2.45, 2.75) is 12.3 Å². The van der Waals surface area contributed by atoms with Crippen LogP contribution >= 0.6 is 11.6 Å². The van der Waals surface area contributed by atoms with E-state index < -0.39 is 22.1 Å². The topological polar surface area (TPSA) is 56.6 Å². The zero-order valence-corrected chi connectivity index (χ0v) is 7.82. The van der Waals surface area contributed by atoms with E-state index in [1.807, 2.05) is 0 Å². The van der Waals surface area contributed by atoms with Gasteiger partial charge < -0.3 is 4.98 Å². The molecule has 0 unspecified atom stereocenters. The van der Waals surface area contributed by atoms with Crippen LogP contribution in [0.5, 0.6) is 0 Å². The zero-order valence-electron chi connectivity index (χ0n) is 7.07. The van der Waals surface area contributed by atoms with Gasteiger partial charge in [-0.3, -0.25) is 4.79 Å². The van der Waals surface area contributed by atoms with E-state index in [0.29, 0.717) is 0 Å². The number of hydrogen-bond donors (Lipinski definition) is 1. The number of alkyl halides is 3. The molecular formula is C8H5ClF2N2O. The Bertz CT molecular complexity index is 456. The molecule has 0 aliphatic carbocycles. The molecule has 1 N–H and O–H groups in total. The van der Waals surface area contributed by atoms with Crippen molar-refractivity contribution >= 4 is 11.6 Å². The standard InChI is InChI=1S/C8H5ClF2N2O/c1-4-2-6(8(9,10)11)5(3-12)7(14)13-4/h2H,1H3,(H,13,14). The zero-order chi connectivity index (χ0) is 10.9. The number of H-pyrrole nitrogens is 1. The highest BCUT2D eigenvalue weighted by atomic mass is 35.5. The van der Waals surface area contributed by atoms with Crippen LogP contribution in [0.25, 0.3) is 0 Å². The van der Waals surface area contributed by atoms with E-state index in [4.69, 9.17) is 16.9 Å². The molecule has 1 aromatic heterocycles. The van der Waals surface area contributed by atoms with Gasteiger partial charge in [-0.1, -0.05) is 0 Å². The molecule has 0 aliphatic heterocycles. The number of aromatic nitrogens is 1. The smallest absolute Gasteiger partial charge is 0.325 e. The van der Waals surface area contributed by atoms with Crippen molar-refractivity contribution in [2.75, 3.05) is 0 Å². The fraction of sp³-hybridized carbons (Fsp3) is 0.250. The van der Waals surface area contributed by atoms with E-state index >= 15 is 0 Å². The van der Waals surface area contributed by atoms with Gasteiger partial charge in [0.05, 0.1) is 5.56 Å². The minimum Gasteiger partial charge on any atom is -0.325 e. The van der Waals surface area contributed by atoms with Gasteiger partial charge in [0.1, 0.15) is 11.6 Å². The van der Waals surface area contributed by atoms with E-state index in [-0.39, 0.29) is 5.69 Å². The summed E-state index contributed by atoms with van der Waals surface area (Å²) in [5, 5.41) is 4.79. The predicted molar refractivity (Wildman–Crippen MR) is 46.3 cm³/mol. The number of hydrogen-bond acceptors (Lipinski definition) is 2. The van der Waals surface area contributed by atoms with E-state index in [9.17, 15) is 13.6 Å². The van der Waals surface area contributed by atoms with Crippen molar-refractivity contribution in [1.82, 2.24) is 4.98 Å². The molecule has 3 nitrogen and oxygen atoms in total. The molecule has 14 heavy (non-hydrogen) atoms. The second kappa shape index (κ2) is 3.39. The van der Waals surface area contributed by atoms with Gasteiger partial charge in [0.25, 0.3) is 5.56 Å². The highest BCUT2D eigenvalue weighted by Gasteiger charge is 2.32. The Balaban J connectivity index is 3.59. The van der Waals surface area contributed by atoms with Gasteiger partial charge in [0, 0.05) is 5.69 Å². The van der Waals surface area contributed by atoms with Crippen LogP contribution in [0.4, 0.5) is 8.78 Å². The first-order valence-electron chi connectivity index (χ1n) is 3.57. The first-order chi connectivity index (χ1) is 6.36. The Morgan fingerprint density at radius 3 is 2.64 bits per heavy atom. The van der Waals surface area contributed by atoms with Crippen LogP contribution < -0.4 is 5.56 Å². The van der Waals surface area contributed by atoms with Crippen LogP contribution in [0.2, 0.25) is 0 Å². The van der Waals surface area contributed by atoms with Crippen molar-refractivity contribution in [3.8, 4) is 6.07 Å². The van der Waals surface area contributed by atoms with Gasteiger partial charge in [-0.2, -0.15) is 14.0 Å². The van der Waals surface area contributed by atoms with Gasteiger partial charge in [-0.05, 0) is 24.6 Å². The highest BCUT2D eigenvalue weighted by molar-refractivity contribution is 6.21.